The van der Waals surface area contributed by atoms with Crippen LogP contribution in [0.1, 0.15) is 37.5 Å². The number of sulfonamides is 2. The molecule has 4 aromatic rings. The Labute approximate surface area is 242 Å². The van der Waals surface area contributed by atoms with Gasteiger partial charge in [0.25, 0.3) is 10.0 Å². The maximum atomic E-state index is 13.3. The molecule has 0 saturated carbocycles. The Morgan fingerprint density at radius 1 is 0.829 bits per heavy atom. The number of aryl methyl sites for hydroxylation is 1. The van der Waals surface area contributed by atoms with Crippen LogP contribution in [-0.2, 0) is 31.2 Å². The molecule has 41 heavy (non-hydrogen) atoms. The first-order chi connectivity index (χ1) is 19.3. The minimum Gasteiger partial charge on any atom is -0.476 e. The van der Waals surface area contributed by atoms with Gasteiger partial charge < -0.3 is 4.74 Å². The highest BCUT2D eigenvalue weighted by Crippen LogP contribution is 2.35. The summed E-state index contributed by atoms with van der Waals surface area (Å²) in [6.07, 6.45) is 1.20. The van der Waals surface area contributed by atoms with Gasteiger partial charge in [-0.2, -0.15) is 0 Å². The first-order valence-corrected chi connectivity index (χ1v) is 16.2. The van der Waals surface area contributed by atoms with Gasteiger partial charge in [0.15, 0.2) is 5.82 Å². The summed E-state index contributed by atoms with van der Waals surface area (Å²) >= 11 is 0. The molecule has 1 heterocycles. The van der Waals surface area contributed by atoms with Crippen LogP contribution in [-0.4, -0.2) is 40.0 Å². The molecule has 9 nitrogen and oxygen atoms in total. The number of anilines is 1. The number of nitrogens with one attached hydrogen (secondary N) is 2. The Morgan fingerprint density at radius 2 is 1.49 bits per heavy atom. The summed E-state index contributed by atoms with van der Waals surface area (Å²) in [5.41, 5.74) is 3.55. The molecule has 11 heteroatoms. The fourth-order valence-corrected chi connectivity index (χ4v) is 6.20. The molecular formula is C30H34N4O5S2. The van der Waals surface area contributed by atoms with Crippen LogP contribution in [0.4, 0.5) is 5.82 Å². The molecule has 0 bridgehead atoms. The summed E-state index contributed by atoms with van der Waals surface area (Å²) < 4.78 is 62.6. The molecule has 3 aromatic carbocycles. The van der Waals surface area contributed by atoms with Crippen molar-refractivity contribution < 1.29 is 21.6 Å². The molecule has 216 valence electrons. The SMILES string of the molecule is Cc1ccc(-c2c(NS(=O)(=O)c3ccc(C(C)(C)C)cc3)ncnc2OCCNS(=O)(=O)Cc2ccccc2)cc1. The van der Waals surface area contributed by atoms with Gasteiger partial charge in [0.05, 0.1) is 16.2 Å². The standard InChI is InChI=1S/C30H34N4O5S2/c1-22-10-12-24(13-11-22)27-28(34-41(37,38)26-16-14-25(15-17-26)30(2,3)4)31-21-32-29(27)39-19-18-33-40(35,36)20-23-8-6-5-7-9-23/h5-17,21,33H,18-20H2,1-4H3,(H,31,32,34). The van der Waals surface area contributed by atoms with E-state index in [0.29, 0.717) is 16.7 Å². The molecule has 1 aromatic heterocycles. The Bertz CT molecular complexity index is 1690. The van der Waals surface area contributed by atoms with Crippen molar-refractivity contribution >= 4 is 25.9 Å². The van der Waals surface area contributed by atoms with Gasteiger partial charge in [-0.3, -0.25) is 4.72 Å². The van der Waals surface area contributed by atoms with Gasteiger partial charge in [-0.15, -0.1) is 0 Å². The monoisotopic (exact) mass is 594 g/mol. The van der Waals surface area contributed by atoms with E-state index in [0.717, 1.165) is 11.1 Å². The summed E-state index contributed by atoms with van der Waals surface area (Å²) in [6.45, 7) is 8.06. The fourth-order valence-electron chi connectivity index (χ4n) is 4.05. The van der Waals surface area contributed by atoms with Crippen LogP contribution in [0, 0.1) is 6.92 Å². The van der Waals surface area contributed by atoms with Crippen molar-refractivity contribution in [3.05, 3.63) is 102 Å². The molecule has 0 unspecified atom stereocenters. The molecule has 0 amide bonds. The Morgan fingerprint density at radius 3 is 2.12 bits per heavy atom. The third-order valence-corrected chi connectivity index (χ3v) is 8.99. The summed E-state index contributed by atoms with van der Waals surface area (Å²) in [4.78, 5) is 8.55. The number of benzene rings is 3. The van der Waals surface area contributed by atoms with Gasteiger partial charge >= 0.3 is 0 Å². The molecule has 4 rings (SSSR count). The molecule has 2 N–H and O–H groups in total. The highest BCUT2D eigenvalue weighted by atomic mass is 32.2. The molecule has 0 saturated heterocycles. The van der Waals surface area contributed by atoms with Gasteiger partial charge in [0, 0.05) is 6.54 Å². The highest BCUT2D eigenvalue weighted by Gasteiger charge is 2.23. The van der Waals surface area contributed by atoms with Crippen LogP contribution < -0.4 is 14.2 Å². The van der Waals surface area contributed by atoms with Crippen LogP contribution in [0.2, 0.25) is 0 Å². The minimum absolute atomic E-state index is 0.00626. The topological polar surface area (TPSA) is 127 Å². The molecule has 0 aliphatic rings. The molecular weight excluding hydrogens is 560 g/mol. The predicted molar refractivity (Wildman–Crippen MR) is 161 cm³/mol. The molecule has 0 radical (unpaired) electrons. The van der Waals surface area contributed by atoms with E-state index in [4.69, 9.17) is 4.74 Å². The van der Waals surface area contributed by atoms with Crippen molar-refractivity contribution in [1.29, 1.82) is 0 Å². The van der Waals surface area contributed by atoms with E-state index in [-0.39, 0.29) is 40.9 Å². The second-order valence-corrected chi connectivity index (χ2v) is 14.1. The quantitative estimate of drug-likeness (QED) is 0.233. The predicted octanol–water partition coefficient (Wildman–Crippen LogP) is 5.05. The lowest BCUT2D eigenvalue weighted by Gasteiger charge is -2.19. The van der Waals surface area contributed by atoms with E-state index < -0.39 is 20.0 Å². The Hall–Kier alpha value is -3.80. The molecule has 0 fully saturated rings. The summed E-state index contributed by atoms with van der Waals surface area (Å²) in [6, 6.07) is 23.0. The van der Waals surface area contributed by atoms with Gasteiger partial charge in [-0.25, -0.2) is 31.5 Å². The average Bonchev–Trinajstić information content (AvgIpc) is 2.92. The van der Waals surface area contributed by atoms with Crippen LogP contribution in [0.3, 0.4) is 0 Å². The molecule has 0 spiro atoms. The number of hydrogen-bond acceptors (Lipinski definition) is 7. The second-order valence-electron chi connectivity index (χ2n) is 10.6. The Balaban J connectivity index is 1.56. The Kier molecular flexibility index (Phi) is 9.11. The summed E-state index contributed by atoms with van der Waals surface area (Å²) in [5, 5.41) is 0. The lowest BCUT2D eigenvalue weighted by Crippen LogP contribution is -2.29. The minimum atomic E-state index is -3.99. The van der Waals surface area contributed by atoms with E-state index >= 15 is 0 Å². The van der Waals surface area contributed by atoms with Crippen molar-refractivity contribution in [3.63, 3.8) is 0 Å². The zero-order chi connectivity index (χ0) is 29.7. The van der Waals surface area contributed by atoms with Crippen molar-refractivity contribution in [2.45, 2.75) is 43.8 Å². The number of ether oxygens (including phenoxy) is 1. The van der Waals surface area contributed by atoms with Gasteiger partial charge in [-0.1, -0.05) is 93.1 Å². The van der Waals surface area contributed by atoms with E-state index in [1.54, 1.807) is 48.5 Å². The molecule has 0 aliphatic carbocycles. The number of nitrogens with zero attached hydrogens (tertiary/aromatic N) is 2. The van der Waals surface area contributed by atoms with Crippen molar-refractivity contribution in [2.75, 3.05) is 17.9 Å². The van der Waals surface area contributed by atoms with Crippen LogP contribution in [0.25, 0.3) is 11.1 Å². The van der Waals surface area contributed by atoms with Crippen molar-refractivity contribution in [2.24, 2.45) is 0 Å². The summed E-state index contributed by atoms with van der Waals surface area (Å²) in [5.74, 6) is 0.00817. The lowest BCUT2D eigenvalue weighted by atomic mass is 9.87. The van der Waals surface area contributed by atoms with Gasteiger partial charge in [0.2, 0.25) is 15.9 Å². The first-order valence-electron chi connectivity index (χ1n) is 13.0. The average molecular weight is 595 g/mol. The smallest absolute Gasteiger partial charge is 0.263 e. The van der Waals surface area contributed by atoms with E-state index in [1.807, 2.05) is 37.3 Å². The van der Waals surface area contributed by atoms with E-state index in [2.05, 4.69) is 40.2 Å². The van der Waals surface area contributed by atoms with E-state index in [1.165, 1.54) is 6.33 Å². The van der Waals surface area contributed by atoms with Crippen molar-refractivity contribution in [3.8, 4) is 17.0 Å². The molecule has 0 aliphatic heterocycles. The zero-order valence-corrected chi connectivity index (χ0v) is 25.1. The normalized spacial score (nSPS) is 12.2. The first kappa shape index (κ1) is 30.2. The number of hydrogen-bond donors (Lipinski definition) is 2. The largest absolute Gasteiger partial charge is 0.476 e. The lowest BCUT2D eigenvalue weighted by molar-refractivity contribution is 0.311. The van der Waals surface area contributed by atoms with Crippen molar-refractivity contribution in [1.82, 2.24) is 14.7 Å². The van der Waals surface area contributed by atoms with Crippen LogP contribution >= 0.6 is 0 Å². The third-order valence-electron chi connectivity index (χ3n) is 6.28. The van der Waals surface area contributed by atoms with Gasteiger partial charge in [0.1, 0.15) is 12.9 Å². The number of aromatic nitrogens is 2. The fraction of sp³-hybridized carbons (Fsp3) is 0.267. The van der Waals surface area contributed by atoms with Gasteiger partial charge in [-0.05, 0) is 41.2 Å². The number of rotatable bonds is 11. The van der Waals surface area contributed by atoms with Crippen LogP contribution in [0.5, 0.6) is 5.88 Å². The maximum absolute atomic E-state index is 13.3. The third kappa shape index (κ3) is 8.12. The van der Waals surface area contributed by atoms with E-state index in [9.17, 15) is 16.8 Å². The highest BCUT2D eigenvalue weighted by molar-refractivity contribution is 7.92. The summed E-state index contributed by atoms with van der Waals surface area (Å²) in [7, 11) is -7.58. The maximum Gasteiger partial charge on any atom is 0.263 e. The van der Waals surface area contributed by atoms with Crippen LogP contribution in [0.15, 0.2) is 90.1 Å². The molecule has 0 atom stereocenters. The second kappa shape index (κ2) is 12.4. The zero-order valence-electron chi connectivity index (χ0n) is 23.5.